The molecule has 2 rings (SSSR count). The number of anilines is 1. The third-order valence-corrected chi connectivity index (χ3v) is 2.09. The zero-order valence-corrected chi connectivity index (χ0v) is 8.22. The van der Waals surface area contributed by atoms with E-state index in [0.717, 1.165) is 6.07 Å². The highest BCUT2D eigenvalue weighted by Crippen LogP contribution is 2.15. The molecule has 0 aliphatic heterocycles. The Balaban J connectivity index is 2.47. The van der Waals surface area contributed by atoms with E-state index in [-0.39, 0.29) is 11.3 Å². The van der Waals surface area contributed by atoms with Crippen LogP contribution in [-0.2, 0) is 0 Å². The molecular weight excluding hydrogens is 211 g/mol. The third-order valence-electron chi connectivity index (χ3n) is 2.09. The van der Waals surface area contributed by atoms with Crippen molar-refractivity contribution >= 4 is 11.7 Å². The van der Waals surface area contributed by atoms with Crippen LogP contribution in [0.1, 0.15) is 10.4 Å². The Morgan fingerprint density at radius 1 is 1.38 bits per heavy atom. The zero-order chi connectivity index (χ0) is 11.7. The molecule has 1 aromatic heterocycles. The van der Waals surface area contributed by atoms with Gasteiger partial charge >= 0.3 is 0 Å². The van der Waals surface area contributed by atoms with Crippen LogP contribution in [0.15, 0.2) is 30.5 Å². The first-order valence-electron chi connectivity index (χ1n) is 4.49. The van der Waals surface area contributed by atoms with Gasteiger partial charge in [-0.15, -0.1) is 0 Å². The fourth-order valence-corrected chi connectivity index (χ4v) is 1.32. The van der Waals surface area contributed by atoms with Gasteiger partial charge in [0.05, 0.1) is 0 Å². The molecule has 5 nitrogen and oxygen atoms in total. The molecule has 0 fully saturated rings. The molecule has 0 aliphatic rings. The number of halogens is 1. The van der Waals surface area contributed by atoms with Gasteiger partial charge in [-0.3, -0.25) is 4.79 Å². The highest BCUT2D eigenvalue weighted by Gasteiger charge is 2.09. The lowest BCUT2D eigenvalue weighted by Crippen LogP contribution is -2.12. The van der Waals surface area contributed by atoms with E-state index in [1.54, 1.807) is 6.07 Å². The smallest absolute Gasteiger partial charge is 0.248 e. The molecular formula is C10H9FN4O. The maximum absolute atomic E-state index is 13.6. The summed E-state index contributed by atoms with van der Waals surface area (Å²) in [5.74, 6) is -0.969. The van der Waals surface area contributed by atoms with Crippen molar-refractivity contribution in [2.24, 2.45) is 5.73 Å². The number of primary amides is 1. The molecule has 0 saturated heterocycles. The average Bonchev–Trinajstić information content (AvgIpc) is 2.64. The minimum Gasteiger partial charge on any atom is -0.382 e. The normalized spacial score (nSPS) is 10.3. The van der Waals surface area contributed by atoms with Gasteiger partial charge in [0.1, 0.15) is 17.3 Å². The van der Waals surface area contributed by atoms with Gasteiger partial charge in [-0.25, -0.2) is 9.07 Å². The Labute approximate surface area is 90.5 Å². The van der Waals surface area contributed by atoms with Crippen LogP contribution in [0.25, 0.3) is 5.69 Å². The van der Waals surface area contributed by atoms with Gasteiger partial charge in [0, 0.05) is 17.8 Å². The van der Waals surface area contributed by atoms with Crippen LogP contribution in [0.5, 0.6) is 0 Å². The first kappa shape index (κ1) is 10.2. The van der Waals surface area contributed by atoms with Crippen LogP contribution < -0.4 is 11.5 Å². The molecule has 0 radical (unpaired) electrons. The van der Waals surface area contributed by atoms with E-state index >= 15 is 0 Å². The lowest BCUT2D eigenvalue weighted by atomic mass is 10.2. The number of benzene rings is 1. The fraction of sp³-hybridized carbons (Fsp3) is 0. The number of hydrogen-bond acceptors (Lipinski definition) is 3. The predicted octanol–water partition coefficient (Wildman–Crippen LogP) is 0.693. The summed E-state index contributed by atoms with van der Waals surface area (Å²) >= 11 is 0. The van der Waals surface area contributed by atoms with Crippen LogP contribution >= 0.6 is 0 Å². The molecule has 1 amide bonds. The third kappa shape index (κ3) is 1.72. The fourth-order valence-electron chi connectivity index (χ4n) is 1.32. The van der Waals surface area contributed by atoms with Crippen molar-refractivity contribution in [1.82, 2.24) is 9.78 Å². The van der Waals surface area contributed by atoms with Crippen molar-refractivity contribution in [2.75, 3.05) is 5.73 Å². The lowest BCUT2D eigenvalue weighted by Gasteiger charge is -2.04. The van der Waals surface area contributed by atoms with Gasteiger partial charge in [0.2, 0.25) is 5.91 Å². The van der Waals surface area contributed by atoms with E-state index in [1.807, 2.05) is 0 Å². The molecule has 1 heterocycles. The molecule has 0 unspecified atom stereocenters. The van der Waals surface area contributed by atoms with Gasteiger partial charge in [0.15, 0.2) is 0 Å². The number of nitrogens with two attached hydrogens (primary N) is 2. The molecule has 0 atom stereocenters. The number of rotatable bonds is 2. The second kappa shape index (κ2) is 3.65. The summed E-state index contributed by atoms with van der Waals surface area (Å²) in [5, 5.41) is 3.85. The minimum atomic E-state index is -0.676. The van der Waals surface area contributed by atoms with E-state index in [9.17, 15) is 9.18 Å². The van der Waals surface area contributed by atoms with Crippen molar-refractivity contribution in [3.63, 3.8) is 0 Å². The Morgan fingerprint density at radius 3 is 2.62 bits per heavy atom. The van der Waals surface area contributed by atoms with Crippen LogP contribution in [-0.4, -0.2) is 15.7 Å². The summed E-state index contributed by atoms with van der Waals surface area (Å²) in [6, 6.07) is 5.46. The van der Waals surface area contributed by atoms with Crippen LogP contribution in [0.2, 0.25) is 0 Å². The van der Waals surface area contributed by atoms with Crippen molar-refractivity contribution in [3.05, 3.63) is 41.8 Å². The SMILES string of the molecule is NC(=O)c1ccc(-n2ccc(N)n2)c(F)c1. The Bertz CT molecular complexity index is 550. The van der Waals surface area contributed by atoms with Crippen molar-refractivity contribution in [2.45, 2.75) is 0 Å². The van der Waals surface area contributed by atoms with Crippen molar-refractivity contribution in [1.29, 1.82) is 0 Å². The molecule has 6 heteroatoms. The molecule has 2 aromatic rings. The van der Waals surface area contributed by atoms with E-state index in [1.165, 1.54) is 23.0 Å². The topological polar surface area (TPSA) is 86.9 Å². The maximum atomic E-state index is 13.6. The number of nitrogen functional groups attached to an aromatic ring is 1. The first-order valence-corrected chi connectivity index (χ1v) is 4.49. The summed E-state index contributed by atoms with van der Waals surface area (Å²) in [5.41, 5.74) is 10.8. The Hall–Kier alpha value is -2.37. The monoisotopic (exact) mass is 220 g/mol. The lowest BCUT2D eigenvalue weighted by molar-refractivity contribution is 0.1000. The van der Waals surface area contributed by atoms with Crippen LogP contribution in [0, 0.1) is 5.82 Å². The highest BCUT2D eigenvalue weighted by molar-refractivity contribution is 5.92. The van der Waals surface area contributed by atoms with Gasteiger partial charge in [0.25, 0.3) is 0 Å². The quantitative estimate of drug-likeness (QED) is 0.780. The maximum Gasteiger partial charge on any atom is 0.248 e. The standard InChI is InChI=1S/C10H9FN4O/c11-7-5-6(10(13)16)1-2-8(7)15-4-3-9(12)14-15/h1-5H,(H2,12,14)(H2,13,16). The van der Waals surface area contributed by atoms with Crippen LogP contribution in [0.4, 0.5) is 10.2 Å². The van der Waals surface area contributed by atoms with E-state index in [4.69, 9.17) is 11.5 Å². The Kier molecular flexibility index (Phi) is 2.32. The van der Waals surface area contributed by atoms with E-state index in [2.05, 4.69) is 5.10 Å². The van der Waals surface area contributed by atoms with E-state index in [0.29, 0.717) is 5.82 Å². The van der Waals surface area contributed by atoms with Gasteiger partial charge in [-0.1, -0.05) is 0 Å². The number of aromatic nitrogens is 2. The summed E-state index contributed by atoms with van der Waals surface area (Å²) < 4.78 is 14.9. The second-order valence-corrected chi connectivity index (χ2v) is 3.22. The molecule has 4 N–H and O–H groups in total. The minimum absolute atomic E-state index is 0.112. The predicted molar refractivity (Wildman–Crippen MR) is 56.5 cm³/mol. The number of hydrogen-bond donors (Lipinski definition) is 2. The highest BCUT2D eigenvalue weighted by atomic mass is 19.1. The Morgan fingerprint density at radius 2 is 2.12 bits per heavy atom. The number of carbonyl (C=O) groups excluding carboxylic acids is 1. The van der Waals surface area contributed by atoms with E-state index < -0.39 is 11.7 Å². The first-order chi connectivity index (χ1) is 7.58. The van der Waals surface area contributed by atoms with Crippen molar-refractivity contribution in [3.8, 4) is 5.69 Å². The zero-order valence-electron chi connectivity index (χ0n) is 8.22. The number of amides is 1. The molecule has 1 aromatic carbocycles. The molecule has 0 saturated carbocycles. The molecule has 0 bridgehead atoms. The summed E-state index contributed by atoms with van der Waals surface area (Å²) in [4.78, 5) is 10.8. The largest absolute Gasteiger partial charge is 0.382 e. The van der Waals surface area contributed by atoms with Gasteiger partial charge in [-0.2, -0.15) is 5.10 Å². The van der Waals surface area contributed by atoms with Crippen LogP contribution in [0.3, 0.4) is 0 Å². The van der Waals surface area contributed by atoms with Crippen molar-refractivity contribution < 1.29 is 9.18 Å². The number of nitrogens with zero attached hydrogens (tertiary/aromatic N) is 2. The average molecular weight is 220 g/mol. The molecule has 16 heavy (non-hydrogen) atoms. The summed E-state index contributed by atoms with van der Waals surface area (Å²) in [7, 11) is 0. The number of carbonyl (C=O) groups is 1. The molecule has 0 aliphatic carbocycles. The second-order valence-electron chi connectivity index (χ2n) is 3.22. The van der Waals surface area contributed by atoms with Gasteiger partial charge in [-0.05, 0) is 18.2 Å². The summed E-state index contributed by atoms with van der Waals surface area (Å²) in [6.45, 7) is 0. The summed E-state index contributed by atoms with van der Waals surface area (Å²) in [6.07, 6.45) is 1.53. The van der Waals surface area contributed by atoms with Gasteiger partial charge < -0.3 is 11.5 Å². The molecule has 82 valence electrons. The molecule has 0 spiro atoms.